The zero-order valence-electron chi connectivity index (χ0n) is 10.6. The molecule has 2 aromatic rings. The van der Waals surface area contributed by atoms with Crippen LogP contribution in [0.2, 0.25) is 19.6 Å². The zero-order chi connectivity index (χ0) is 10.3. The van der Waals surface area contributed by atoms with Gasteiger partial charge in [0.25, 0.3) is 0 Å². The maximum atomic E-state index is 2.41. The molecule has 0 heterocycles. The Balaban J connectivity index is 0. The Kier molecular flexibility index (Phi) is 8.39. The van der Waals surface area contributed by atoms with Crippen LogP contribution in [0.15, 0.2) is 30.3 Å². The van der Waals surface area contributed by atoms with Gasteiger partial charge in [-0.15, -0.1) is 34.3 Å². The molecule has 0 bridgehead atoms. The van der Waals surface area contributed by atoms with E-state index in [9.17, 15) is 0 Å². The van der Waals surface area contributed by atoms with E-state index in [1.54, 1.807) is 5.19 Å². The first kappa shape index (κ1) is 19.8. The van der Waals surface area contributed by atoms with Gasteiger partial charge in [-0.2, -0.15) is 11.5 Å². The quantitative estimate of drug-likeness (QED) is 0.386. The summed E-state index contributed by atoms with van der Waals surface area (Å²) in [7, 11) is -1.18. The van der Waals surface area contributed by atoms with E-state index in [1.165, 1.54) is 16.3 Å². The monoisotopic (exact) mass is 361 g/mol. The van der Waals surface area contributed by atoms with Crippen LogP contribution in [-0.4, -0.2) is 8.07 Å². The molecule has 0 amide bonds. The topological polar surface area (TPSA) is 0 Å². The van der Waals surface area contributed by atoms with Crippen LogP contribution >= 0.6 is 0 Å². The second kappa shape index (κ2) is 7.19. The van der Waals surface area contributed by atoms with Crippen molar-refractivity contribution in [2.24, 2.45) is 0 Å². The second-order valence-corrected chi connectivity index (χ2v) is 10.1. The number of aryl methyl sites for hydroxylation is 1. The van der Waals surface area contributed by atoms with Gasteiger partial charge in [0.2, 0.25) is 0 Å². The average molecular weight is 363 g/mol. The van der Waals surface area contributed by atoms with Gasteiger partial charge in [0.1, 0.15) is 0 Å². The third kappa shape index (κ3) is 4.28. The van der Waals surface area contributed by atoms with E-state index in [4.69, 9.17) is 0 Å². The molecule has 4 heteroatoms. The zero-order valence-corrected chi connectivity index (χ0v) is 15.6. The van der Waals surface area contributed by atoms with Crippen molar-refractivity contribution in [3.63, 3.8) is 0 Å². The van der Waals surface area contributed by atoms with Crippen molar-refractivity contribution in [1.29, 1.82) is 0 Å². The van der Waals surface area contributed by atoms with Crippen molar-refractivity contribution in [3.05, 3.63) is 35.9 Å². The van der Waals surface area contributed by atoms with Crippen LogP contribution in [0.4, 0.5) is 0 Å². The Bertz CT molecular complexity index is 472. The third-order valence-electron chi connectivity index (χ3n) is 2.70. The van der Waals surface area contributed by atoms with Crippen molar-refractivity contribution in [3.8, 4) is 0 Å². The van der Waals surface area contributed by atoms with Gasteiger partial charge in [0.05, 0.1) is 8.07 Å². The van der Waals surface area contributed by atoms with E-state index >= 15 is 0 Å². The second-order valence-electron chi connectivity index (χ2n) is 5.09. The van der Waals surface area contributed by atoms with Crippen LogP contribution in [-0.2, 0) is 26.2 Å². The minimum Gasteiger partial charge on any atom is -1.00 e. The molecular formula is C13H17Cl2SiZr. The molecule has 17 heavy (non-hydrogen) atoms. The van der Waals surface area contributed by atoms with Gasteiger partial charge >= 0.3 is 26.2 Å². The van der Waals surface area contributed by atoms with Crippen LogP contribution in [0.1, 0.15) is 5.56 Å². The fourth-order valence-corrected chi connectivity index (χ4v) is 3.66. The Hall–Kier alpha value is 0.510. The van der Waals surface area contributed by atoms with Crippen LogP contribution in [0.3, 0.4) is 0 Å². The average Bonchev–Trinajstić information content (AvgIpc) is 2.41. The third-order valence-corrected chi connectivity index (χ3v) is 4.76. The smallest absolute Gasteiger partial charge is 1.00 e. The Morgan fingerprint density at radius 1 is 1.06 bits per heavy atom. The summed E-state index contributed by atoms with van der Waals surface area (Å²) >= 11 is 0. The van der Waals surface area contributed by atoms with E-state index in [0.717, 1.165) is 0 Å². The molecule has 0 spiro atoms. The minimum absolute atomic E-state index is 0. The summed E-state index contributed by atoms with van der Waals surface area (Å²) in [4.78, 5) is 0. The Labute approximate surface area is 136 Å². The number of benzene rings is 1. The Morgan fingerprint density at radius 2 is 1.65 bits per heavy atom. The first-order valence-electron chi connectivity index (χ1n) is 5.15. The van der Waals surface area contributed by atoms with Gasteiger partial charge in [0, 0.05) is 0 Å². The molecule has 2 aromatic carbocycles. The molecule has 2 rings (SSSR count). The number of halogens is 2. The molecule has 0 fully saturated rings. The molecule has 0 aliphatic heterocycles. The Morgan fingerprint density at radius 3 is 2.18 bits per heavy atom. The van der Waals surface area contributed by atoms with Crippen molar-refractivity contribution in [2.75, 3.05) is 0 Å². The van der Waals surface area contributed by atoms with Gasteiger partial charge in [-0.1, -0.05) is 32.6 Å². The van der Waals surface area contributed by atoms with E-state index in [0.29, 0.717) is 0 Å². The largest absolute Gasteiger partial charge is 3.00 e. The SMILES string of the molecule is Cc1cc2c([Si](C)(C)C)cccc2[cH-]1.[Cl-].[Cl-].[Zr+3]. The van der Waals surface area contributed by atoms with Crippen LogP contribution in [0.25, 0.3) is 10.8 Å². The predicted octanol–water partition coefficient (Wildman–Crippen LogP) is -2.58. The maximum absolute atomic E-state index is 2.41. The molecule has 0 nitrogen and oxygen atoms in total. The van der Waals surface area contributed by atoms with Crippen LogP contribution in [0.5, 0.6) is 0 Å². The molecule has 0 unspecified atom stereocenters. The van der Waals surface area contributed by atoms with Crippen molar-refractivity contribution < 1.29 is 51.0 Å². The van der Waals surface area contributed by atoms with Gasteiger partial charge in [0.15, 0.2) is 0 Å². The molecule has 0 N–H and O–H groups in total. The van der Waals surface area contributed by atoms with E-state index < -0.39 is 8.07 Å². The van der Waals surface area contributed by atoms with Gasteiger partial charge in [-0.05, 0) is 0 Å². The van der Waals surface area contributed by atoms with Crippen LogP contribution in [0, 0.1) is 6.92 Å². The standard InChI is InChI=1S/C13H17Si.2ClH.Zr/c1-10-8-11-6-5-7-13(12(11)9-10)14(2,3)4;;;/h5-9H,1-4H3;2*1H;/q-1;;;+3/p-2. The molecule has 0 atom stereocenters. The number of hydrogen-bond donors (Lipinski definition) is 0. The molecule has 0 aliphatic carbocycles. The molecular weight excluding hydrogens is 346 g/mol. The summed E-state index contributed by atoms with van der Waals surface area (Å²) in [6.45, 7) is 9.40. The molecule has 0 saturated carbocycles. The molecule has 0 aromatic heterocycles. The number of fused-ring (bicyclic) bond motifs is 1. The number of hydrogen-bond acceptors (Lipinski definition) is 0. The van der Waals surface area contributed by atoms with Crippen molar-refractivity contribution in [2.45, 2.75) is 26.6 Å². The van der Waals surface area contributed by atoms with E-state index in [-0.39, 0.29) is 51.0 Å². The van der Waals surface area contributed by atoms with E-state index in [1.807, 2.05) is 0 Å². The first-order chi connectivity index (χ1) is 6.48. The summed E-state index contributed by atoms with van der Waals surface area (Å²) in [6, 6.07) is 11.3. The number of rotatable bonds is 1. The van der Waals surface area contributed by atoms with Gasteiger partial charge in [-0.3, -0.25) is 0 Å². The van der Waals surface area contributed by atoms with Crippen molar-refractivity contribution in [1.82, 2.24) is 0 Å². The fraction of sp³-hybridized carbons (Fsp3) is 0.308. The van der Waals surface area contributed by atoms with Gasteiger partial charge in [-0.25, -0.2) is 0 Å². The summed E-state index contributed by atoms with van der Waals surface area (Å²) in [5.41, 5.74) is 1.38. The van der Waals surface area contributed by atoms with Gasteiger partial charge < -0.3 is 24.8 Å². The van der Waals surface area contributed by atoms with Crippen molar-refractivity contribution >= 4 is 24.0 Å². The maximum Gasteiger partial charge on any atom is 3.00 e. The molecule has 91 valence electrons. The normalized spacial score (nSPS) is 10.1. The predicted molar refractivity (Wildman–Crippen MR) is 67.3 cm³/mol. The fourth-order valence-electron chi connectivity index (χ4n) is 2.04. The molecule has 0 aliphatic rings. The molecule has 0 saturated heterocycles. The minimum atomic E-state index is -1.18. The van der Waals surface area contributed by atoms with E-state index in [2.05, 4.69) is 56.9 Å². The molecule has 1 radical (unpaired) electrons. The van der Waals surface area contributed by atoms with Crippen LogP contribution < -0.4 is 30.0 Å². The summed E-state index contributed by atoms with van der Waals surface area (Å²) in [6.07, 6.45) is 0. The summed E-state index contributed by atoms with van der Waals surface area (Å²) < 4.78 is 0. The first-order valence-corrected chi connectivity index (χ1v) is 8.65. The summed E-state index contributed by atoms with van der Waals surface area (Å²) in [5.74, 6) is 0. The summed E-state index contributed by atoms with van der Waals surface area (Å²) in [5, 5.41) is 4.47.